The lowest BCUT2D eigenvalue weighted by molar-refractivity contribution is 0.122. The number of para-hydroxylation sites is 2. The highest BCUT2D eigenvalue weighted by Gasteiger charge is 2.07. The number of rotatable bonds is 9. The highest BCUT2D eigenvalue weighted by molar-refractivity contribution is 6.08. The summed E-state index contributed by atoms with van der Waals surface area (Å²) in [6, 6.07) is 15.1. The summed E-state index contributed by atoms with van der Waals surface area (Å²) in [5.74, 6) is 0. The second-order valence-electron chi connectivity index (χ2n) is 6.01. The molecular formula is C20H25NO2. The van der Waals surface area contributed by atoms with Gasteiger partial charge >= 0.3 is 0 Å². The van der Waals surface area contributed by atoms with Crippen molar-refractivity contribution in [2.24, 2.45) is 0 Å². The summed E-state index contributed by atoms with van der Waals surface area (Å²) >= 11 is 0. The van der Waals surface area contributed by atoms with Crippen molar-refractivity contribution in [3.05, 3.63) is 48.0 Å². The van der Waals surface area contributed by atoms with Crippen LogP contribution in [-0.2, 0) is 11.2 Å². The van der Waals surface area contributed by atoms with Gasteiger partial charge in [-0.05, 0) is 43.7 Å². The molecule has 0 fully saturated rings. The second kappa shape index (κ2) is 8.14. The molecule has 0 amide bonds. The van der Waals surface area contributed by atoms with Crippen LogP contribution < -0.4 is 0 Å². The fourth-order valence-electron chi connectivity index (χ4n) is 3.08. The summed E-state index contributed by atoms with van der Waals surface area (Å²) in [7, 11) is 0. The van der Waals surface area contributed by atoms with E-state index in [1.807, 2.05) is 0 Å². The number of benzene rings is 2. The number of aromatic amines is 1. The molecule has 23 heavy (non-hydrogen) atoms. The van der Waals surface area contributed by atoms with E-state index in [1.54, 1.807) is 0 Å². The topological polar surface area (TPSA) is 45.2 Å². The van der Waals surface area contributed by atoms with Crippen molar-refractivity contribution in [3.63, 3.8) is 0 Å². The first kappa shape index (κ1) is 16.0. The number of ether oxygens (including phenoxy) is 1. The maximum atomic E-state index is 8.71. The van der Waals surface area contributed by atoms with Crippen LogP contribution in [0.15, 0.2) is 42.5 Å². The van der Waals surface area contributed by atoms with E-state index in [9.17, 15) is 0 Å². The predicted molar refractivity (Wildman–Crippen MR) is 95.9 cm³/mol. The number of aryl methyl sites for hydroxylation is 1. The van der Waals surface area contributed by atoms with Crippen LogP contribution in [-0.4, -0.2) is 29.9 Å². The number of fused-ring (bicyclic) bond motifs is 3. The van der Waals surface area contributed by atoms with Gasteiger partial charge in [0.2, 0.25) is 0 Å². The number of H-pyrrole nitrogens is 1. The fourth-order valence-corrected chi connectivity index (χ4v) is 3.08. The minimum absolute atomic E-state index is 0.262. The molecule has 0 unspecified atom stereocenters. The summed E-state index contributed by atoms with van der Waals surface area (Å²) in [5, 5.41) is 11.3. The Morgan fingerprint density at radius 3 is 2.48 bits per heavy atom. The third-order valence-corrected chi connectivity index (χ3v) is 4.31. The Bertz CT molecular complexity index is 748. The Morgan fingerprint density at radius 1 is 0.826 bits per heavy atom. The van der Waals surface area contributed by atoms with Crippen molar-refractivity contribution in [1.82, 2.24) is 4.98 Å². The zero-order chi connectivity index (χ0) is 15.9. The van der Waals surface area contributed by atoms with E-state index in [1.165, 1.54) is 27.4 Å². The Hall–Kier alpha value is -1.84. The van der Waals surface area contributed by atoms with Crippen LogP contribution in [0.5, 0.6) is 0 Å². The number of aromatic nitrogens is 1. The van der Waals surface area contributed by atoms with Crippen LogP contribution in [0.2, 0.25) is 0 Å². The Labute approximate surface area is 137 Å². The molecule has 3 rings (SSSR count). The highest BCUT2D eigenvalue weighted by Crippen LogP contribution is 2.28. The zero-order valence-electron chi connectivity index (χ0n) is 13.6. The van der Waals surface area contributed by atoms with E-state index in [0.29, 0.717) is 0 Å². The van der Waals surface area contributed by atoms with Gasteiger partial charge in [0.05, 0.1) is 0 Å². The van der Waals surface area contributed by atoms with E-state index >= 15 is 0 Å². The molecule has 0 aliphatic rings. The molecule has 122 valence electrons. The van der Waals surface area contributed by atoms with Gasteiger partial charge in [-0.2, -0.15) is 0 Å². The summed E-state index contributed by atoms with van der Waals surface area (Å²) in [5.41, 5.74) is 3.87. The van der Waals surface area contributed by atoms with E-state index in [-0.39, 0.29) is 6.61 Å². The molecule has 2 N–H and O–H groups in total. The second-order valence-corrected chi connectivity index (χ2v) is 6.01. The summed E-state index contributed by atoms with van der Waals surface area (Å²) in [6.45, 7) is 1.84. The van der Waals surface area contributed by atoms with Crippen LogP contribution in [0.4, 0.5) is 0 Å². The van der Waals surface area contributed by atoms with Gasteiger partial charge in [-0.15, -0.1) is 0 Å². The molecule has 0 atom stereocenters. The number of aliphatic hydroxyl groups is 1. The van der Waals surface area contributed by atoms with Crippen LogP contribution in [0, 0.1) is 0 Å². The van der Waals surface area contributed by atoms with Crippen molar-refractivity contribution in [3.8, 4) is 0 Å². The summed E-state index contributed by atoms with van der Waals surface area (Å²) in [4.78, 5) is 3.57. The van der Waals surface area contributed by atoms with Gasteiger partial charge in [0.1, 0.15) is 0 Å². The lowest BCUT2D eigenvalue weighted by Crippen LogP contribution is -1.99. The number of hydrogen-bond donors (Lipinski definition) is 2. The lowest BCUT2D eigenvalue weighted by Gasteiger charge is -2.05. The molecule has 0 aliphatic carbocycles. The van der Waals surface area contributed by atoms with Crippen molar-refractivity contribution < 1.29 is 9.84 Å². The van der Waals surface area contributed by atoms with Crippen LogP contribution in [0.3, 0.4) is 0 Å². The average Bonchev–Trinajstić information content (AvgIpc) is 2.97. The Morgan fingerprint density at radius 2 is 1.61 bits per heavy atom. The van der Waals surface area contributed by atoms with Gasteiger partial charge in [-0.1, -0.05) is 36.4 Å². The van der Waals surface area contributed by atoms with Crippen molar-refractivity contribution in [2.45, 2.75) is 32.1 Å². The number of unbranched alkanes of at least 4 members (excludes halogenated alkanes) is 2. The van der Waals surface area contributed by atoms with Crippen molar-refractivity contribution >= 4 is 21.8 Å². The molecule has 3 nitrogen and oxygen atoms in total. The molecule has 2 aromatic carbocycles. The predicted octanol–water partition coefficient (Wildman–Crippen LogP) is 4.43. The maximum Gasteiger partial charge on any atom is 0.0497 e. The first-order valence-electron chi connectivity index (χ1n) is 8.57. The Balaban J connectivity index is 1.56. The standard InChI is InChI=1S/C20H25NO2/c22-13-4-6-15-23-14-5-3-8-16-9-7-11-18-17-10-1-2-12-19(17)21-20(16)18/h1-2,7,9-12,21-22H,3-6,8,13-15H2. The third-order valence-electron chi connectivity index (χ3n) is 4.31. The Kier molecular flexibility index (Phi) is 5.67. The van der Waals surface area contributed by atoms with Crippen LogP contribution >= 0.6 is 0 Å². The minimum Gasteiger partial charge on any atom is -0.396 e. The fraction of sp³-hybridized carbons (Fsp3) is 0.400. The first-order valence-corrected chi connectivity index (χ1v) is 8.57. The van der Waals surface area contributed by atoms with E-state index < -0.39 is 0 Å². The van der Waals surface area contributed by atoms with Gasteiger partial charge in [-0.3, -0.25) is 0 Å². The molecule has 0 saturated heterocycles. The lowest BCUT2D eigenvalue weighted by atomic mass is 10.0. The molecule has 0 bridgehead atoms. The van der Waals surface area contributed by atoms with Gasteiger partial charge in [-0.25, -0.2) is 0 Å². The first-order chi connectivity index (χ1) is 11.4. The number of nitrogens with one attached hydrogen (secondary N) is 1. The average molecular weight is 311 g/mol. The molecule has 0 spiro atoms. The quantitative estimate of drug-likeness (QED) is 0.574. The van der Waals surface area contributed by atoms with Crippen molar-refractivity contribution in [2.75, 3.05) is 19.8 Å². The number of aliphatic hydroxyl groups excluding tert-OH is 1. The highest BCUT2D eigenvalue weighted by atomic mass is 16.5. The maximum absolute atomic E-state index is 8.71. The van der Waals surface area contributed by atoms with Crippen LogP contribution in [0.1, 0.15) is 31.2 Å². The third kappa shape index (κ3) is 3.92. The van der Waals surface area contributed by atoms with Gasteiger partial charge in [0.25, 0.3) is 0 Å². The zero-order valence-corrected chi connectivity index (χ0v) is 13.6. The van der Waals surface area contributed by atoms with Gasteiger partial charge < -0.3 is 14.8 Å². The SMILES string of the molecule is OCCCCOCCCCc1cccc2c1[nH]c1ccccc12. The largest absolute Gasteiger partial charge is 0.396 e. The van der Waals surface area contributed by atoms with Crippen LogP contribution in [0.25, 0.3) is 21.8 Å². The van der Waals surface area contributed by atoms with Crippen molar-refractivity contribution in [1.29, 1.82) is 0 Å². The molecule has 0 saturated carbocycles. The summed E-state index contributed by atoms with van der Waals surface area (Å²) in [6.07, 6.45) is 5.07. The monoisotopic (exact) mass is 311 g/mol. The van der Waals surface area contributed by atoms with Gasteiger partial charge in [0, 0.05) is 41.6 Å². The molecule has 1 heterocycles. The van der Waals surface area contributed by atoms with E-state index in [0.717, 1.165) is 45.3 Å². The molecule has 0 radical (unpaired) electrons. The molecule has 1 aromatic heterocycles. The smallest absolute Gasteiger partial charge is 0.0497 e. The number of hydrogen-bond acceptors (Lipinski definition) is 2. The molecule has 0 aliphatic heterocycles. The summed E-state index contributed by atoms with van der Waals surface area (Å²) < 4.78 is 5.59. The normalized spacial score (nSPS) is 11.5. The van der Waals surface area contributed by atoms with E-state index in [2.05, 4.69) is 47.4 Å². The molecule has 3 heteroatoms. The molecular weight excluding hydrogens is 286 g/mol. The molecule has 3 aromatic rings. The minimum atomic E-state index is 0.262. The van der Waals surface area contributed by atoms with Gasteiger partial charge in [0.15, 0.2) is 0 Å². The van der Waals surface area contributed by atoms with E-state index in [4.69, 9.17) is 9.84 Å².